The predicted octanol–water partition coefficient (Wildman–Crippen LogP) is 2.31. The van der Waals surface area contributed by atoms with Crippen molar-refractivity contribution in [3.63, 3.8) is 0 Å². The van der Waals surface area contributed by atoms with E-state index in [9.17, 15) is 4.79 Å². The van der Waals surface area contributed by atoms with E-state index in [1.165, 1.54) is 25.9 Å². The Morgan fingerprint density at radius 2 is 2.21 bits per heavy atom. The Hall–Kier alpha value is -0.940. The molecule has 1 saturated heterocycles. The van der Waals surface area contributed by atoms with Gasteiger partial charge in [0.1, 0.15) is 0 Å². The van der Waals surface area contributed by atoms with Crippen LogP contribution in [0, 0.1) is 5.92 Å². The van der Waals surface area contributed by atoms with Gasteiger partial charge < -0.3 is 10.2 Å². The van der Waals surface area contributed by atoms with Crippen molar-refractivity contribution >= 4 is 21.8 Å². The first-order chi connectivity index (χ1) is 9.15. The van der Waals surface area contributed by atoms with Crippen LogP contribution in [0.2, 0.25) is 0 Å². The highest BCUT2D eigenvalue weighted by molar-refractivity contribution is 9.10. The summed E-state index contributed by atoms with van der Waals surface area (Å²) in [6.07, 6.45) is 5.88. The van der Waals surface area contributed by atoms with E-state index in [0.29, 0.717) is 18.0 Å². The summed E-state index contributed by atoms with van der Waals surface area (Å²) in [5.41, 5.74) is 0.600. The fraction of sp³-hybridized carbons (Fsp3) is 0.571. The lowest BCUT2D eigenvalue weighted by atomic mass is 10.1. The Labute approximate surface area is 122 Å². The molecule has 1 aromatic heterocycles. The molecule has 0 spiro atoms. The van der Waals surface area contributed by atoms with Crippen molar-refractivity contribution in [3.05, 3.63) is 28.5 Å². The molecule has 0 saturated carbocycles. The van der Waals surface area contributed by atoms with E-state index in [0.717, 1.165) is 11.0 Å². The van der Waals surface area contributed by atoms with Crippen molar-refractivity contribution in [2.24, 2.45) is 5.92 Å². The first-order valence-corrected chi connectivity index (χ1v) is 7.55. The van der Waals surface area contributed by atoms with Gasteiger partial charge in [0, 0.05) is 30.0 Å². The normalized spacial score (nSPS) is 17.4. The lowest BCUT2D eigenvalue weighted by Gasteiger charge is -2.20. The monoisotopic (exact) mass is 325 g/mol. The van der Waals surface area contributed by atoms with Crippen LogP contribution in [0.3, 0.4) is 0 Å². The number of hydrogen-bond acceptors (Lipinski definition) is 3. The van der Waals surface area contributed by atoms with Gasteiger partial charge in [-0.3, -0.25) is 9.78 Å². The van der Waals surface area contributed by atoms with Crippen LogP contribution >= 0.6 is 15.9 Å². The molecular weight excluding hydrogens is 306 g/mol. The molecule has 0 aromatic carbocycles. The topological polar surface area (TPSA) is 45.2 Å². The first-order valence-electron chi connectivity index (χ1n) is 6.76. The van der Waals surface area contributed by atoms with E-state index in [1.54, 1.807) is 18.5 Å². The minimum absolute atomic E-state index is 0.0536. The van der Waals surface area contributed by atoms with Crippen molar-refractivity contribution in [3.8, 4) is 0 Å². The number of aromatic nitrogens is 1. The molecule has 1 aliphatic heterocycles. The Bertz CT molecular complexity index is 432. The first kappa shape index (κ1) is 14.5. The number of rotatable bonds is 5. The highest BCUT2D eigenvalue weighted by atomic mass is 79.9. The molecule has 2 rings (SSSR count). The number of carbonyl (C=O) groups excluding carboxylic acids is 1. The number of amides is 1. The molecule has 1 fully saturated rings. The van der Waals surface area contributed by atoms with E-state index in [1.807, 2.05) is 0 Å². The van der Waals surface area contributed by atoms with Gasteiger partial charge in [-0.05, 0) is 53.8 Å². The summed E-state index contributed by atoms with van der Waals surface area (Å²) in [6.45, 7) is 6.36. The fourth-order valence-corrected chi connectivity index (χ4v) is 2.74. The molecule has 5 heteroatoms. The molecule has 4 nitrogen and oxygen atoms in total. The van der Waals surface area contributed by atoms with Gasteiger partial charge >= 0.3 is 0 Å². The number of carbonyl (C=O) groups is 1. The Balaban J connectivity index is 1.76. The highest BCUT2D eigenvalue weighted by Gasteiger charge is 2.15. The second-order valence-corrected chi connectivity index (χ2v) is 6.13. The van der Waals surface area contributed by atoms with Gasteiger partial charge in [-0.25, -0.2) is 0 Å². The molecule has 1 unspecified atom stereocenters. The van der Waals surface area contributed by atoms with E-state index in [4.69, 9.17) is 0 Å². The third-order valence-electron chi connectivity index (χ3n) is 3.35. The predicted molar refractivity (Wildman–Crippen MR) is 79.1 cm³/mol. The van der Waals surface area contributed by atoms with Crippen molar-refractivity contribution in [1.82, 2.24) is 15.2 Å². The average molecular weight is 326 g/mol. The number of nitrogens with zero attached hydrogens (tertiary/aromatic N) is 2. The molecule has 0 bridgehead atoms. The van der Waals surface area contributed by atoms with Crippen LogP contribution in [-0.4, -0.2) is 42.0 Å². The Kier molecular flexibility index (Phi) is 5.34. The van der Waals surface area contributed by atoms with E-state index >= 15 is 0 Å². The van der Waals surface area contributed by atoms with E-state index in [-0.39, 0.29) is 5.91 Å². The van der Waals surface area contributed by atoms with Gasteiger partial charge in [0.15, 0.2) is 0 Å². The summed E-state index contributed by atoms with van der Waals surface area (Å²) >= 11 is 3.32. The number of halogens is 1. The average Bonchev–Trinajstić information content (AvgIpc) is 2.88. The van der Waals surface area contributed by atoms with Crippen LogP contribution in [0.4, 0.5) is 0 Å². The SMILES string of the molecule is CC(CNC(=O)c1cncc(Br)c1)CN1CCCC1. The summed E-state index contributed by atoms with van der Waals surface area (Å²) in [6, 6.07) is 1.79. The zero-order valence-corrected chi connectivity index (χ0v) is 12.8. The molecule has 2 heterocycles. The maximum absolute atomic E-state index is 12.0. The number of nitrogens with one attached hydrogen (secondary N) is 1. The zero-order chi connectivity index (χ0) is 13.7. The summed E-state index contributed by atoms with van der Waals surface area (Å²) in [5.74, 6) is 0.421. The third-order valence-corrected chi connectivity index (χ3v) is 3.78. The quantitative estimate of drug-likeness (QED) is 0.903. The number of hydrogen-bond donors (Lipinski definition) is 1. The van der Waals surface area contributed by atoms with Crippen molar-refractivity contribution in [2.75, 3.05) is 26.2 Å². The summed E-state index contributed by atoms with van der Waals surface area (Å²) in [5, 5.41) is 2.97. The summed E-state index contributed by atoms with van der Waals surface area (Å²) in [7, 11) is 0. The van der Waals surface area contributed by atoms with Gasteiger partial charge in [0.25, 0.3) is 5.91 Å². The van der Waals surface area contributed by atoms with Gasteiger partial charge in [-0.1, -0.05) is 6.92 Å². The van der Waals surface area contributed by atoms with Crippen LogP contribution in [0.15, 0.2) is 22.9 Å². The molecule has 1 amide bonds. The zero-order valence-electron chi connectivity index (χ0n) is 11.2. The number of pyridine rings is 1. The van der Waals surface area contributed by atoms with Crippen molar-refractivity contribution in [2.45, 2.75) is 19.8 Å². The summed E-state index contributed by atoms with van der Waals surface area (Å²) in [4.78, 5) is 18.4. The Morgan fingerprint density at radius 3 is 2.89 bits per heavy atom. The molecule has 1 atom stereocenters. The maximum atomic E-state index is 12.0. The van der Waals surface area contributed by atoms with Gasteiger partial charge in [-0.2, -0.15) is 0 Å². The minimum Gasteiger partial charge on any atom is -0.352 e. The molecule has 0 aliphatic carbocycles. The molecule has 1 aliphatic rings. The Morgan fingerprint density at radius 1 is 1.47 bits per heavy atom. The van der Waals surface area contributed by atoms with Gasteiger partial charge in [0.2, 0.25) is 0 Å². The molecular formula is C14H20BrN3O. The van der Waals surface area contributed by atoms with Crippen molar-refractivity contribution < 1.29 is 4.79 Å². The second kappa shape index (κ2) is 7.01. The molecule has 104 valence electrons. The van der Waals surface area contributed by atoms with E-state index in [2.05, 4.69) is 38.1 Å². The molecule has 1 N–H and O–H groups in total. The molecule has 0 radical (unpaired) electrons. The molecule has 1 aromatic rings. The fourth-order valence-electron chi connectivity index (χ4n) is 2.38. The summed E-state index contributed by atoms with van der Waals surface area (Å²) < 4.78 is 0.824. The number of likely N-dealkylation sites (tertiary alicyclic amines) is 1. The lowest BCUT2D eigenvalue weighted by molar-refractivity contribution is 0.0944. The highest BCUT2D eigenvalue weighted by Crippen LogP contribution is 2.11. The minimum atomic E-state index is -0.0536. The van der Waals surface area contributed by atoms with Crippen molar-refractivity contribution in [1.29, 1.82) is 0 Å². The second-order valence-electron chi connectivity index (χ2n) is 5.21. The lowest BCUT2D eigenvalue weighted by Crippen LogP contribution is -2.34. The standard InChI is InChI=1S/C14H20BrN3O/c1-11(10-18-4-2-3-5-18)7-17-14(19)12-6-13(15)9-16-8-12/h6,8-9,11H,2-5,7,10H2,1H3,(H,17,19). The van der Waals surface area contributed by atoms with E-state index < -0.39 is 0 Å². The van der Waals surface area contributed by atoms with Crippen LogP contribution in [0.5, 0.6) is 0 Å². The van der Waals surface area contributed by atoms with Gasteiger partial charge in [0.05, 0.1) is 5.56 Å². The van der Waals surface area contributed by atoms with Crippen LogP contribution < -0.4 is 5.32 Å². The van der Waals surface area contributed by atoms with Gasteiger partial charge in [-0.15, -0.1) is 0 Å². The smallest absolute Gasteiger partial charge is 0.252 e. The molecule has 19 heavy (non-hydrogen) atoms. The third kappa shape index (κ3) is 4.58. The maximum Gasteiger partial charge on any atom is 0.252 e. The van der Waals surface area contributed by atoms with Crippen LogP contribution in [-0.2, 0) is 0 Å². The van der Waals surface area contributed by atoms with Crippen LogP contribution in [0.1, 0.15) is 30.1 Å². The largest absolute Gasteiger partial charge is 0.352 e. The van der Waals surface area contributed by atoms with Crippen LogP contribution in [0.25, 0.3) is 0 Å².